The molecule has 0 unspecified atom stereocenters. The lowest BCUT2D eigenvalue weighted by Crippen LogP contribution is -2.12. The van der Waals surface area contributed by atoms with Crippen molar-refractivity contribution in [3.05, 3.63) is 39.9 Å². The molecule has 3 N–H and O–H groups in total. The number of nitrogen functional groups attached to an aromatic ring is 1. The van der Waals surface area contributed by atoms with Gasteiger partial charge in [-0.25, -0.2) is 4.98 Å². The highest BCUT2D eigenvalue weighted by molar-refractivity contribution is 7.22. The largest absolute Gasteiger partial charge is 0.494 e. The number of nitrogens with two attached hydrogens (primary N) is 1. The minimum Gasteiger partial charge on any atom is -0.494 e. The van der Waals surface area contributed by atoms with Crippen molar-refractivity contribution in [2.45, 2.75) is 6.92 Å². The van der Waals surface area contributed by atoms with Gasteiger partial charge in [0.25, 0.3) is 5.91 Å². The molecule has 0 aliphatic carbocycles. The van der Waals surface area contributed by atoms with Gasteiger partial charge in [-0.05, 0) is 25.1 Å². The molecule has 3 rings (SSSR count). The van der Waals surface area contributed by atoms with E-state index in [2.05, 4.69) is 10.3 Å². The fraction of sp³-hybridized carbons (Fsp3) is 0.176. The van der Waals surface area contributed by atoms with E-state index >= 15 is 0 Å². The number of anilines is 2. The molecule has 9 heteroatoms. The second-order valence-corrected chi connectivity index (χ2v) is 7.11. The summed E-state index contributed by atoms with van der Waals surface area (Å²) in [5.74, 6) is 0.514. The van der Waals surface area contributed by atoms with Crippen LogP contribution in [-0.4, -0.2) is 24.6 Å². The number of carbonyl (C=O) groups is 1. The molecular formula is C17H15Cl2N3O3S. The van der Waals surface area contributed by atoms with Crippen molar-refractivity contribution in [2.24, 2.45) is 0 Å². The SMILES string of the molecule is CCOc1cc(NC(=O)c2cc(Cl)c(OC)c(Cl)c2)cc2sc(N)nc12. The number of methoxy groups -OCH3 is 1. The van der Waals surface area contributed by atoms with Crippen LogP contribution in [0.2, 0.25) is 10.0 Å². The van der Waals surface area contributed by atoms with Gasteiger partial charge >= 0.3 is 0 Å². The molecule has 6 nitrogen and oxygen atoms in total. The van der Waals surface area contributed by atoms with Crippen LogP contribution in [0.25, 0.3) is 10.2 Å². The third-order valence-corrected chi connectivity index (χ3v) is 4.89. The minimum absolute atomic E-state index is 0.255. The molecule has 0 fully saturated rings. The fourth-order valence-corrected chi connectivity index (χ4v) is 3.88. The van der Waals surface area contributed by atoms with E-state index in [4.69, 9.17) is 38.4 Å². The molecule has 0 saturated carbocycles. The maximum Gasteiger partial charge on any atom is 0.255 e. The molecular weight excluding hydrogens is 397 g/mol. The molecule has 26 heavy (non-hydrogen) atoms. The lowest BCUT2D eigenvalue weighted by Gasteiger charge is -2.11. The molecule has 1 aromatic heterocycles. The highest BCUT2D eigenvalue weighted by Crippen LogP contribution is 2.36. The average Bonchev–Trinajstić information content (AvgIpc) is 2.95. The smallest absolute Gasteiger partial charge is 0.255 e. The summed E-state index contributed by atoms with van der Waals surface area (Å²) in [6, 6.07) is 6.48. The number of hydrogen-bond donors (Lipinski definition) is 2. The third-order valence-electron chi connectivity index (χ3n) is 3.50. The second-order valence-electron chi connectivity index (χ2n) is 5.23. The van der Waals surface area contributed by atoms with E-state index in [1.807, 2.05) is 6.92 Å². The van der Waals surface area contributed by atoms with Crippen LogP contribution in [-0.2, 0) is 0 Å². The molecule has 0 saturated heterocycles. The van der Waals surface area contributed by atoms with E-state index in [0.717, 1.165) is 4.70 Å². The zero-order chi connectivity index (χ0) is 18.8. The number of amides is 1. The molecule has 136 valence electrons. The molecule has 2 aromatic carbocycles. The van der Waals surface area contributed by atoms with Gasteiger partial charge in [0.05, 0.1) is 28.5 Å². The van der Waals surface area contributed by atoms with Gasteiger partial charge in [-0.15, -0.1) is 0 Å². The van der Waals surface area contributed by atoms with Crippen LogP contribution in [0.5, 0.6) is 11.5 Å². The van der Waals surface area contributed by atoms with E-state index < -0.39 is 0 Å². The summed E-state index contributed by atoms with van der Waals surface area (Å²) < 4.78 is 11.5. The molecule has 0 aliphatic rings. The Balaban J connectivity index is 1.94. The van der Waals surface area contributed by atoms with Crippen molar-refractivity contribution in [2.75, 3.05) is 24.8 Å². The van der Waals surface area contributed by atoms with Crippen LogP contribution in [0, 0.1) is 0 Å². The molecule has 0 atom stereocenters. The van der Waals surface area contributed by atoms with Crippen LogP contribution < -0.4 is 20.5 Å². The van der Waals surface area contributed by atoms with E-state index in [-0.39, 0.29) is 16.0 Å². The van der Waals surface area contributed by atoms with Crippen molar-refractivity contribution >= 4 is 61.5 Å². The first-order chi connectivity index (χ1) is 12.4. The number of carbonyl (C=O) groups excluding carboxylic acids is 1. The summed E-state index contributed by atoms with van der Waals surface area (Å²) in [6.07, 6.45) is 0. The molecule has 1 amide bonds. The number of hydrogen-bond acceptors (Lipinski definition) is 6. The molecule has 0 spiro atoms. The van der Waals surface area contributed by atoms with E-state index in [0.29, 0.717) is 40.0 Å². The first kappa shape index (κ1) is 18.6. The summed E-state index contributed by atoms with van der Waals surface area (Å²) in [4.78, 5) is 16.8. The number of nitrogens with zero attached hydrogens (tertiary/aromatic N) is 1. The standard InChI is InChI=1S/C17H15Cl2N3O3S/c1-3-25-12-6-9(7-13-14(12)22-17(20)26-13)21-16(23)8-4-10(18)15(24-2)11(19)5-8/h4-7H,3H2,1-2H3,(H2,20,22)(H,21,23). The fourth-order valence-electron chi connectivity index (χ4n) is 2.44. The topological polar surface area (TPSA) is 86.5 Å². The highest BCUT2D eigenvalue weighted by Gasteiger charge is 2.16. The van der Waals surface area contributed by atoms with Gasteiger partial charge in [0.2, 0.25) is 0 Å². The number of halogens is 2. The van der Waals surface area contributed by atoms with Gasteiger partial charge in [0, 0.05) is 17.3 Å². The number of aromatic nitrogens is 1. The van der Waals surface area contributed by atoms with Crippen molar-refractivity contribution in [1.82, 2.24) is 4.98 Å². The normalized spacial score (nSPS) is 10.8. The van der Waals surface area contributed by atoms with Crippen LogP contribution in [0.3, 0.4) is 0 Å². The van der Waals surface area contributed by atoms with Gasteiger partial charge in [-0.1, -0.05) is 34.5 Å². The van der Waals surface area contributed by atoms with Crippen LogP contribution in [0.1, 0.15) is 17.3 Å². The molecule has 0 radical (unpaired) electrons. The number of thiazole rings is 1. The second kappa shape index (κ2) is 7.57. The first-order valence-corrected chi connectivity index (χ1v) is 9.17. The third kappa shape index (κ3) is 3.65. The van der Waals surface area contributed by atoms with E-state index in [9.17, 15) is 4.79 Å². The Bertz CT molecular complexity index is 968. The minimum atomic E-state index is -0.365. The Morgan fingerprint density at radius 1 is 1.27 bits per heavy atom. The Morgan fingerprint density at radius 2 is 1.96 bits per heavy atom. The number of ether oxygens (including phenoxy) is 2. The van der Waals surface area contributed by atoms with Crippen molar-refractivity contribution in [3.8, 4) is 11.5 Å². The molecule has 0 aliphatic heterocycles. The highest BCUT2D eigenvalue weighted by atomic mass is 35.5. The summed E-state index contributed by atoms with van der Waals surface area (Å²) in [5, 5.41) is 3.75. The molecule has 3 aromatic rings. The Hall–Kier alpha value is -2.22. The zero-order valence-corrected chi connectivity index (χ0v) is 16.3. The number of benzene rings is 2. The maximum absolute atomic E-state index is 12.6. The van der Waals surface area contributed by atoms with E-state index in [1.54, 1.807) is 12.1 Å². The van der Waals surface area contributed by atoms with Gasteiger partial charge in [0.15, 0.2) is 10.9 Å². The average molecular weight is 412 g/mol. The molecule has 0 bridgehead atoms. The zero-order valence-electron chi connectivity index (χ0n) is 13.9. The maximum atomic E-state index is 12.6. The summed E-state index contributed by atoms with van der Waals surface area (Å²) >= 11 is 13.5. The van der Waals surface area contributed by atoms with Gasteiger partial charge in [-0.2, -0.15) is 0 Å². The van der Waals surface area contributed by atoms with Crippen LogP contribution in [0.4, 0.5) is 10.8 Å². The number of fused-ring (bicyclic) bond motifs is 1. The van der Waals surface area contributed by atoms with Crippen molar-refractivity contribution in [3.63, 3.8) is 0 Å². The lowest BCUT2D eigenvalue weighted by atomic mass is 10.2. The predicted octanol–water partition coefficient (Wildman–Crippen LogP) is 4.84. The number of rotatable bonds is 5. The quantitative estimate of drug-likeness (QED) is 0.626. The molecule has 1 heterocycles. The summed E-state index contributed by atoms with van der Waals surface area (Å²) in [6.45, 7) is 2.34. The Morgan fingerprint density at radius 3 is 2.58 bits per heavy atom. The Labute approximate surface area is 163 Å². The summed E-state index contributed by atoms with van der Waals surface area (Å²) in [7, 11) is 1.46. The first-order valence-electron chi connectivity index (χ1n) is 7.60. The van der Waals surface area contributed by atoms with Gasteiger partial charge in [-0.3, -0.25) is 4.79 Å². The van der Waals surface area contributed by atoms with Crippen LogP contribution >= 0.6 is 34.5 Å². The van der Waals surface area contributed by atoms with Gasteiger partial charge < -0.3 is 20.5 Å². The van der Waals surface area contributed by atoms with E-state index in [1.165, 1.54) is 30.6 Å². The van der Waals surface area contributed by atoms with Gasteiger partial charge in [0.1, 0.15) is 11.3 Å². The monoisotopic (exact) mass is 411 g/mol. The summed E-state index contributed by atoms with van der Waals surface area (Å²) in [5.41, 5.74) is 7.31. The van der Waals surface area contributed by atoms with Crippen LogP contribution in [0.15, 0.2) is 24.3 Å². The van der Waals surface area contributed by atoms with Crippen molar-refractivity contribution < 1.29 is 14.3 Å². The predicted molar refractivity (Wildman–Crippen MR) is 106 cm³/mol. The lowest BCUT2D eigenvalue weighted by molar-refractivity contribution is 0.102. The Kier molecular flexibility index (Phi) is 5.41. The van der Waals surface area contributed by atoms with Crippen molar-refractivity contribution in [1.29, 1.82) is 0 Å². The number of nitrogens with one attached hydrogen (secondary N) is 1.